The minimum absolute atomic E-state index is 0.00147. The summed E-state index contributed by atoms with van der Waals surface area (Å²) in [5.74, 6) is -0.596. The molecule has 2 aliphatic rings. The van der Waals surface area contributed by atoms with Crippen LogP contribution in [-0.4, -0.2) is 48.9 Å². The Labute approximate surface area is 176 Å². The summed E-state index contributed by atoms with van der Waals surface area (Å²) in [6.45, 7) is -0.250. The van der Waals surface area contributed by atoms with Gasteiger partial charge in [-0.25, -0.2) is 12.8 Å². The molecule has 2 aromatic rings. The number of sulfone groups is 1. The van der Waals surface area contributed by atoms with E-state index in [1.54, 1.807) is 29.2 Å². The molecule has 1 amide bonds. The first-order valence-electron chi connectivity index (χ1n) is 8.73. The van der Waals surface area contributed by atoms with Gasteiger partial charge in [-0.05, 0) is 30.3 Å². The lowest BCUT2D eigenvalue weighted by atomic mass is 10.2. The lowest BCUT2D eigenvalue weighted by Gasteiger charge is -2.24. The molecule has 2 heterocycles. The number of rotatable bonds is 4. The Hall–Kier alpha value is -2.10. The van der Waals surface area contributed by atoms with Gasteiger partial charge < -0.3 is 9.64 Å². The van der Waals surface area contributed by atoms with Gasteiger partial charge in [0.15, 0.2) is 21.6 Å². The number of fused-ring (bicyclic) bond motifs is 1. The molecule has 2 fully saturated rings. The fraction of sp³-hybridized carbons (Fsp3) is 0.263. The van der Waals surface area contributed by atoms with E-state index in [1.165, 1.54) is 30.0 Å². The highest BCUT2D eigenvalue weighted by molar-refractivity contribution is 8.16. The van der Waals surface area contributed by atoms with E-state index in [2.05, 4.69) is 4.99 Å². The molecule has 0 aromatic heterocycles. The Balaban J connectivity index is 1.59. The molecule has 0 spiro atoms. The van der Waals surface area contributed by atoms with Crippen molar-refractivity contribution in [1.29, 1.82) is 0 Å². The lowest BCUT2D eigenvalue weighted by Crippen LogP contribution is -2.37. The molecule has 2 aliphatic heterocycles. The maximum Gasteiger partial charge on any atom is 0.285 e. The van der Waals surface area contributed by atoms with Gasteiger partial charge >= 0.3 is 0 Å². The van der Waals surface area contributed by atoms with Crippen molar-refractivity contribution in [3.8, 4) is 5.75 Å². The van der Waals surface area contributed by atoms with Gasteiger partial charge in [0.2, 0.25) is 0 Å². The summed E-state index contributed by atoms with van der Waals surface area (Å²) in [4.78, 5) is 18.2. The number of halogens is 2. The summed E-state index contributed by atoms with van der Waals surface area (Å²) >= 11 is 7.14. The zero-order valence-corrected chi connectivity index (χ0v) is 17.4. The molecule has 2 saturated heterocycles. The Morgan fingerprint density at radius 1 is 1.24 bits per heavy atom. The van der Waals surface area contributed by atoms with E-state index in [4.69, 9.17) is 16.3 Å². The molecule has 2 atom stereocenters. The highest BCUT2D eigenvalue weighted by Crippen LogP contribution is 2.41. The molecule has 0 saturated carbocycles. The van der Waals surface area contributed by atoms with Crippen molar-refractivity contribution in [3.63, 3.8) is 0 Å². The third-order valence-corrected chi connectivity index (χ3v) is 8.07. The number of ether oxygens (including phenoxy) is 1. The fourth-order valence-corrected chi connectivity index (χ4v) is 7.41. The van der Waals surface area contributed by atoms with Gasteiger partial charge in [-0.15, -0.1) is 0 Å². The van der Waals surface area contributed by atoms with Crippen LogP contribution in [0.4, 0.5) is 10.1 Å². The van der Waals surface area contributed by atoms with E-state index in [0.29, 0.717) is 16.6 Å². The normalized spacial score (nSPS) is 23.9. The van der Waals surface area contributed by atoms with Gasteiger partial charge in [-0.1, -0.05) is 41.6 Å². The number of anilines is 1. The summed E-state index contributed by atoms with van der Waals surface area (Å²) in [6, 6.07) is 12.6. The summed E-state index contributed by atoms with van der Waals surface area (Å²) in [5.41, 5.74) is 0.490. The second-order valence-electron chi connectivity index (χ2n) is 6.66. The fourth-order valence-electron chi connectivity index (χ4n) is 3.30. The number of thioether (sulfide) groups is 1. The van der Waals surface area contributed by atoms with Crippen LogP contribution in [0.1, 0.15) is 0 Å². The van der Waals surface area contributed by atoms with Crippen molar-refractivity contribution in [3.05, 3.63) is 59.4 Å². The van der Waals surface area contributed by atoms with E-state index in [-0.39, 0.29) is 28.4 Å². The molecular weight excluding hydrogens is 439 g/mol. The van der Waals surface area contributed by atoms with Gasteiger partial charge in [0.25, 0.3) is 5.91 Å². The summed E-state index contributed by atoms with van der Waals surface area (Å²) < 4.78 is 43.2. The predicted molar refractivity (Wildman–Crippen MR) is 112 cm³/mol. The molecule has 0 bridgehead atoms. The number of para-hydroxylation sites is 1. The van der Waals surface area contributed by atoms with Crippen LogP contribution in [0.25, 0.3) is 0 Å². The minimum atomic E-state index is -3.20. The van der Waals surface area contributed by atoms with Crippen LogP contribution in [0.15, 0.2) is 53.5 Å². The highest BCUT2D eigenvalue weighted by Gasteiger charge is 2.49. The van der Waals surface area contributed by atoms with Crippen molar-refractivity contribution in [2.75, 3.05) is 23.0 Å². The topological polar surface area (TPSA) is 76.0 Å². The molecule has 6 nitrogen and oxygen atoms in total. The third-order valence-electron chi connectivity index (χ3n) is 4.57. The van der Waals surface area contributed by atoms with Crippen molar-refractivity contribution >= 4 is 50.0 Å². The lowest BCUT2D eigenvalue weighted by molar-refractivity contribution is -0.119. The SMILES string of the molecule is O=C(COc1ccccc1)N=C1S[C@H]2CS(=O)(=O)C[C@H]2N1c1ccc(F)c(Cl)c1. The number of amidine groups is 1. The number of aliphatic imine (C=N–C) groups is 1. The smallest absolute Gasteiger partial charge is 0.285 e. The third kappa shape index (κ3) is 4.41. The zero-order valence-electron chi connectivity index (χ0n) is 15.0. The van der Waals surface area contributed by atoms with Gasteiger partial charge in [0, 0.05) is 10.9 Å². The monoisotopic (exact) mass is 454 g/mol. The predicted octanol–water partition coefficient (Wildman–Crippen LogP) is 3.16. The van der Waals surface area contributed by atoms with Gasteiger partial charge in [0.05, 0.1) is 22.6 Å². The second-order valence-corrected chi connectivity index (χ2v) is 10.4. The number of nitrogens with zero attached hydrogens (tertiary/aromatic N) is 2. The van der Waals surface area contributed by atoms with Gasteiger partial charge in [-0.2, -0.15) is 4.99 Å². The van der Waals surface area contributed by atoms with Gasteiger partial charge in [0.1, 0.15) is 11.6 Å². The molecule has 0 unspecified atom stereocenters. The average molecular weight is 455 g/mol. The minimum Gasteiger partial charge on any atom is -0.484 e. The number of carbonyl (C=O) groups is 1. The van der Waals surface area contributed by atoms with Crippen LogP contribution in [0.2, 0.25) is 5.02 Å². The quantitative estimate of drug-likeness (QED) is 0.706. The van der Waals surface area contributed by atoms with E-state index < -0.39 is 27.6 Å². The molecule has 152 valence electrons. The van der Waals surface area contributed by atoms with Crippen molar-refractivity contribution in [1.82, 2.24) is 0 Å². The molecule has 4 rings (SSSR count). The summed E-state index contributed by atoms with van der Waals surface area (Å²) in [7, 11) is -3.20. The summed E-state index contributed by atoms with van der Waals surface area (Å²) in [5, 5.41) is 0.0135. The van der Waals surface area contributed by atoms with Crippen molar-refractivity contribution < 1.29 is 22.3 Å². The van der Waals surface area contributed by atoms with Crippen LogP contribution >= 0.6 is 23.4 Å². The van der Waals surface area contributed by atoms with Crippen LogP contribution < -0.4 is 9.64 Å². The maximum atomic E-state index is 13.6. The number of hydrogen-bond donors (Lipinski definition) is 0. The number of benzene rings is 2. The first kappa shape index (κ1) is 20.2. The number of carbonyl (C=O) groups excluding carboxylic acids is 1. The highest BCUT2D eigenvalue weighted by atomic mass is 35.5. The van der Waals surface area contributed by atoms with Crippen LogP contribution in [0.5, 0.6) is 5.75 Å². The van der Waals surface area contributed by atoms with Gasteiger partial charge in [-0.3, -0.25) is 4.79 Å². The molecule has 10 heteroatoms. The van der Waals surface area contributed by atoms with Crippen LogP contribution in [0.3, 0.4) is 0 Å². The van der Waals surface area contributed by atoms with Crippen molar-refractivity contribution in [2.45, 2.75) is 11.3 Å². The number of amides is 1. The Morgan fingerprint density at radius 2 is 2.00 bits per heavy atom. The molecule has 29 heavy (non-hydrogen) atoms. The first-order valence-corrected chi connectivity index (χ1v) is 11.8. The number of hydrogen-bond acceptors (Lipinski definition) is 5. The largest absolute Gasteiger partial charge is 0.484 e. The maximum absolute atomic E-state index is 13.6. The molecule has 0 radical (unpaired) electrons. The van der Waals surface area contributed by atoms with Crippen molar-refractivity contribution in [2.24, 2.45) is 4.99 Å². The Kier molecular flexibility index (Phi) is 5.54. The van der Waals surface area contributed by atoms with E-state index in [1.807, 2.05) is 6.07 Å². The summed E-state index contributed by atoms with van der Waals surface area (Å²) in [6.07, 6.45) is 0. The molecule has 2 aromatic carbocycles. The molecular formula is C19H16ClFN2O4S2. The second kappa shape index (κ2) is 7.97. The van der Waals surface area contributed by atoms with Crippen LogP contribution in [0, 0.1) is 5.82 Å². The Bertz CT molecular complexity index is 1080. The Morgan fingerprint density at radius 3 is 2.72 bits per heavy atom. The average Bonchev–Trinajstić information content (AvgIpc) is 3.14. The van der Waals surface area contributed by atoms with E-state index >= 15 is 0 Å². The first-order chi connectivity index (χ1) is 13.8. The standard InChI is InChI=1S/C19H16ClFN2O4S2/c20-14-8-12(6-7-15(14)21)23-16-10-29(25,26)11-17(16)28-19(23)22-18(24)9-27-13-4-2-1-3-5-13/h1-8,16-17H,9-11H2/t16-,17+/m1/s1. The molecule has 0 N–H and O–H groups in total. The molecule has 0 aliphatic carbocycles. The van der Waals surface area contributed by atoms with Crippen LogP contribution in [-0.2, 0) is 14.6 Å². The van der Waals surface area contributed by atoms with E-state index in [9.17, 15) is 17.6 Å². The van der Waals surface area contributed by atoms with E-state index in [0.717, 1.165) is 0 Å². The zero-order chi connectivity index (χ0) is 20.6.